The van der Waals surface area contributed by atoms with Gasteiger partial charge in [0.1, 0.15) is 5.75 Å². The van der Waals surface area contributed by atoms with Crippen LogP contribution in [0.1, 0.15) is 26.3 Å². The zero-order valence-electron chi connectivity index (χ0n) is 12.5. The first-order valence-electron chi connectivity index (χ1n) is 7.09. The molecule has 1 atom stereocenters. The lowest BCUT2D eigenvalue weighted by Crippen LogP contribution is -2.34. The molecular formula is C16H22ClN3O. The number of hydrogen-bond donors (Lipinski definition) is 1. The van der Waals surface area contributed by atoms with E-state index >= 15 is 0 Å². The summed E-state index contributed by atoms with van der Waals surface area (Å²) in [7, 11) is 0. The van der Waals surface area contributed by atoms with Gasteiger partial charge in [-0.3, -0.25) is 0 Å². The van der Waals surface area contributed by atoms with Crippen LogP contribution in [0, 0.1) is 5.41 Å². The van der Waals surface area contributed by atoms with Crippen molar-refractivity contribution in [1.29, 1.82) is 0 Å². The molecule has 1 unspecified atom stereocenters. The molecule has 0 spiro atoms. The number of nitrogens with zero attached hydrogens (tertiary/aromatic N) is 2. The van der Waals surface area contributed by atoms with E-state index in [1.54, 1.807) is 6.20 Å². The summed E-state index contributed by atoms with van der Waals surface area (Å²) < 4.78 is 8.03. The van der Waals surface area contributed by atoms with Crippen LogP contribution in [0.2, 0.25) is 5.02 Å². The molecule has 5 heteroatoms. The minimum absolute atomic E-state index is 0.0697. The molecule has 0 saturated carbocycles. The van der Waals surface area contributed by atoms with Crippen LogP contribution in [0.5, 0.6) is 5.75 Å². The Morgan fingerprint density at radius 1 is 1.33 bits per heavy atom. The van der Waals surface area contributed by atoms with Crippen LogP contribution in [0.3, 0.4) is 0 Å². The summed E-state index contributed by atoms with van der Waals surface area (Å²) in [6.45, 7) is 5.59. The molecule has 2 rings (SSSR count). The standard InChI is InChI=1S/C16H22ClN3O/c1-16(2,11-21-14-5-3-13(17)4-6-14)15(7-8-18)20-10-9-19-12-20/h3-6,9-10,12,15H,7-8,11,18H2,1-2H3. The number of rotatable bonds is 7. The average Bonchev–Trinajstić information content (AvgIpc) is 2.98. The van der Waals surface area contributed by atoms with Crippen molar-refractivity contribution in [3.05, 3.63) is 48.0 Å². The molecule has 1 aromatic carbocycles. The van der Waals surface area contributed by atoms with Gasteiger partial charge in [0.25, 0.3) is 0 Å². The fraction of sp³-hybridized carbons (Fsp3) is 0.438. The van der Waals surface area contributed by atoms with Crippen LogP contribution in [-0.4, -0.2) is 22.7 Å². The Morgan fingerprint density at radius 2 is 2.05 bits per heavy atom. The second-order valence-electron chi connectivity index (χ2n) is 5.83. The first-order chi connectivity index (χ1) is 10.0. The average molecular weight is 308 g/mol. The molecule has 1 heterocycles. The summed E-state index contributed by atoms with van der Waals surface area (Å²) in [5.74, 6) is 0.824. The molecule has 114 valence electrons. The fourth-order valence-electron chi connectivity index (χ4n) is 2.45. The van der Waals surface area contributed by atoms with Crippen molar-refractivity contribution in [2.24, 2.45) is 11.1 Å². The van der Waals surface area contributed by atoms with Gasteiger partial charge in [0.15, 0.2) is 0 Å². The van der Waals surface area contributed by atoms with Crippen LogP contribution < -0.4 is 10.5 Å². The van der Waals surface area contributed by atoms with E-state index in [-0.39, 0.29) is 11.5 Å². The topological polar surface area (TPSA) is 53.1 Å². The summed E-state index contributed by atoms with van der Waals surface area (Å²) in [4.78, 5) is 4.13. The molecule has 0 fully saturated rings. The second kappa shape index (κ2) is 6.96. The third-order valence-corrected chi connectivity index (χ3v) is 3.90. The molecule has 0 bridgehead atoms. The zero-order valence-corrected chi connectivity index (χ0v) is 13.3. The van der Waals surface area contributed by atoms with Gasteiger partial charge in [-0.15, -0.1) is 0 Å². The number of nitrogens with two attached hydrogens (primary N) is 1. The normalized spacial score (nSPS) is 13.1. The molecule has 4 nitrogen and oxygen atoms in total. The Morgan fingerprint density at radius 3 is 2.62 bits per heavy atom. The van der Waals surface area contributed by atoms with Crippen LogP contribution in [-0.2, 0) is 0 Å². The molecule has 0 aliphatic rings. The van der Waals surface area contributed by atoms with E-state index in [2.05, 4.69) is 23.4 Å². The van der Waals surface area contributed by atoms with Gasteiger partial charge >= 0.3 is 0 Å². The van der Waals surface area contributed by atoms with Crippen molar-refractivity contribution in [3.8, 4) is 5.75 Å². The maximum atomic E-state index is 5.92. The van der Waals surface area contributed by atoms with Crippen LogP contribution in [0.25, 0.3) is 0 Å². The maximum absolute atomic E-state index is 5.92. The molecule has 0 saturated heterocycles. The van der Waals surface area contributed by atoms with Crippen molar-refractivity contribution < 1.29 is 4.74 Å². The smallest absolute Gasteiger partial charge is 0.119 e. The van der Waals surface area contributed by atoms with E-state index in [9.17, 15) is 0 Å². The van der Waals surface area contributed by atoms with Gasteiger partial charge in [-0.05, 0) is 37.2 Å². The molecule has 0 amide bonds. The van der Waals surface area contributed by atoms with Crippen molar-refractivity contribution in [3.63, 3.8) is 0 Å². The number of hydrogen-bond acceptors (Lipinski definition) is 3. The van der Waals surface area contributed by atoms with Gasteiger partial charge in [-0.2, -0.15) is 0 Å². The van der Waals surface area contributed by atoms with Crippen LogP contribution in [0.15, 0.2) is 43.0 Å². The highest BCUT2D eigenvalue weighted by atomic mass is 35.5. The zero-order chi connectivity index (χ0) is 15.3. The minimum atomic E-state index is -0.0697. The first kappa shape index (κ1) is 15.9. The van der Waals surface area contributed by atoms with Gasteiger partial charge < -0.3 is 15.0 Å². The number of aromatic nitrogens is 2. The molecule has 0 aliphatic carbocycles. The highest BCUT2D eigenvalue weighted by Crippen LogP contribution is 2.34. The Balaban J connectivity index is 2.06. The van der Waals surface area contributed by atoms with E-state index in [0.29, 0.717) is 18.2 Å². The van der Waals surface area contributed by atoms with Crippen molar-refractivity contribution in [1.82, 2.24) is 9.55 Å². The Hall–Kier alpha value is -1.52. The van der Waals surface area contributed by atoms with E-state index in [4.69, 9.17) is 22.1 Å². The molecule has 2 N–H and O–H groups in total. The quantitative estimate of drug-likeness (QED) is 0.851. The molecule has 21 heavy (non-hydrogen) atoms. The monoisotopic (exact) mass is 307 g/mol. The van der Waals surface area contributed by atoms with E-state index in [1.807, 2.05) is 36.8 Å². The molecule has 2 aromatic rings. The predicted octanol–water partition coefficient (Wildman–Crippen LogP) is 3.53. The lowest BCUT2D eigenvalue weighted by molar-refractivity contribution is 0.112. The van der Waals surface area contributed by atoms with Gasteiger partial charge in [-0.25, -0.2) is 4.98 Å². The highest BCUT2D eigenvalue weighted by Gasteiger charge is 2.31. The Labute approximate surface area is 130 Å². The number of benzene rings is 1. The van der Waals surface area contributed by atoms with Gasteiger partial charge in [0.05, 0.1) is 12.9 Å². The molecule has 0 radical (unpaired) electrons. The Bertz CT molecular complexity index is 537. The fourth-order valence-corrected chi connectivity index (χ4v) is 2.58. The third kappa shape index (κ3) is 4.22. The van der Waals surface area contributed by atoms with E-state index in [1.165, 1.54) is 0 Å². The summed E-state index contributed by atoms with van der Waals surface area (Å²) in [5.41, 5.74) is 5.70. The highest BCUT2D eigenvalue weighted by molar-refractivity contribution is 6.30. The maximum Gasteiger partial charge on any atom is 0.119 e. The number of imidazole rings is 1. The van der Waals surface area contributed by atoms with Gasteiger partial charge in [0.2, 0.25) is 0 Å². The molecule has 1 aromatic heterocycles. The lowest BCUT2D eigenvalue weighted by Gasteiger charge is -2.35. The lowest BCUT2D eigenvalue weighted by atomic mass is 9.83. The SMILES string of the molecule is CC(C)(COc1ccc(Cl)cc1)C(CCN)n1ccnc1. The van der Waals surface area contributed by atoms with E-state index < -0.39 is 0 Å². The van der Waals surface area contributed by atoms with Gasteiger partial charge in [0, 0.05) is 28.9 Å². The van der Waals surface area contributed by atoms with Crippen LogP contribution in [0.4, 0.5) is 0 Å². The van der Waals surface area contributed by atoms with Crippen molar-refractivity contribution >= 4 is 11.6 Å². The van der Waals surface area contributed by atoms with Crippen molar-refractivity contribution in [2.45, 2.75) is 26.3 Å². The van der Waals surface area contributed by atoms with Crippen molar-refractivity contribution in [2.75, 3.05) is 13.2 Å². The van der Waals surface area contributed by atoms with E-state index in [0.717, 1.165) is 12.2 Å². The second-order valence-corrected chi connectivity index (χ2v) is 6.27. The summed E-state index contributed by atoms with van der Waals surface area (Å²) >= 11 is 5.88. The first-order valence-corrected chi connectivity index (χ1v) is 7.46. The van der Waals surface area contributed by atoms with Crippen LogP contribution >= 0.6 is 11.6 Å². The summed E-state index contributed by atoms with van der Waals surface area (Å²) in [5, 5.41) is 0.709. The predicted molar refractivity (Wildman–Crippen MR) is 85.7 cm³/mol. The third-order valence-electron chi connectivity index (χ3n) is 3.65. The largest absolute Gasteiger partial charge is 0.493 e. The minimum Gasteiger partial charge on any atom is -0.493 e. The summed E-state index contributed by atoms with van der Waals surface area (Å²) in [6.07, 6.45) is 6.49. The Kier molecular flexibility index (Phi) is 5.26. The number of ether oxygens (including phenoxy) is 1. The number of halogens is 1. The molecular weight excluding hydrogens is 286 g/mol. The van der Waals surface area contributed by atoms with Gasteiger partial charge in [-0.1, -0.05) is 25.4 Å². The molecule has 0 aliphatic heterocycles. The summed E-state index contributed by atoms with van der Waals surface area (Å²) in [6, 6.07) is 7.67.